The number of hydrogen-bond donors (Lipinski definition) is 1. The van der Waals surface area contributed by atoms with Crippen LogP contribution in [0.15, 0.2) is 23.7 Å². The fourth-order valence-electron chi connectivity index (χ4n) is 1.25. The first kappa shape index (κ1) is 11.2. The molecule has 0 aliphatic heterocycles. The van der Waals surface area contributed by atoms with Gasteiger partial charge in [-0.2, -0.15) is 0 Å². The van der Waals surface area contributed by atoms with Crippen molar-refractivity contribution in [1.29, 1.82) is 0 Å². The Hall–Kier alpha value is -1.33. The number of pyridine rings is 1. The van der Waals surface area contributed by atoms with Crippen molar-refractivity contribution in [3.8, 4) is 10.7 Å². The summed E-state index contributed by atoms with van der Waals surface area (Å²) in [6.45, 7) is 2.04. The summed E-state index contributed by atoms with van der Waals surface area (Å²) in [5, 5.41) is 5.92. The lowest BCUT2D eigenvalue weighted by Crippen LogP contribution is -2.12. The predicted molar refractivity (Wildman–Crippen MR) is 62.8 cm³/mol. The lowest BCUT2D eigenvalue weighted by molar-refractivity contribution is 0.621. The highest BCUT2D eigenvalue weighted by Gasteiger charge is 2.09. The molecule has 0 saturated carbocycles. The number of nitrogens with zero attached hydrogens (tertiary/aromatic N) is 2. The molecule has 1 unspecified atom stereocenters. The molecule has 0 aliphatic carbocycles. The molecular weight excluding hydrogens is 225 g/mol. The van der Waals surface area contributed by atoms with Gasteiger partial charge in [0.25, 0.3) is 0 Å². The van der Waals surface area contributed by atoms with Crippen LogP contribution in [0.3, 0.4) is 0 Å². The molecule has 0 spiro atoms. The molecule has 5 heteroatoms. The molecule has 2 rings (SSSR count). The second-order valence-electron chi connectivity index (χ2n) is 3.45. The van der Waals surface area contributed by atoms with Gasteiger partial charge in [-0.25, -0.2) is 9.37 Å². The van der Waals surface area contributed by atoms with Crippen molar-refractivity contribution in [2.45, 2.75) is 13.0 Å². The van der Waals surface area contributed by atoms with E-state index in [2.05, 4.69) is 15.3 Å². The lowest BCUT2D eigenvalue weighted by atomic mass is 10.3. The number of rotatable bonds is 3. The molecule has 0 fully saturated rings. The van der Waals surface area contributed by atoms with Gasteiger partial charge in [0.15, 0.2) is 0 Å². The van der Waals surface area contributed by atoms with E-state index in [1.165, 1.54) is 23.6 Å². The van der Waals surface area contributed by atoms with Gasteiger partial charge in [0.05, 0.1) is 17.6 Å². The summed E-state index contributed by atoms with van der Waals surface area (Å²) in [6.07, 6.45) is 1.21. The summed E-state index contributed by atoms with van der Waals surface area (Å²) >= 11 is 1.52. The molecule has 0 aliphatic rings. The minimum Gasteiger partial charge on any atom is -0.312 e. The highest BCUT2D eigenvalue weighted by atomic mass is 32.1. The van der Waals surface area contributed by atoms with Crippen molar-refractivity contribution in [3.63, 3.8) is 0 Å². The van der Waals surface area contributed by atoms with E-state index < -0.39 is 0 Å². The maximum atomic E-state index is 12.7. The van der Waals surface area contributed by atoms with Crippen LogP contribution < -0.4 is 5.32 Å². The molecule has 2 aromatic heterocycles. The highest BCUT2D eigenvalue weighted by Crippen LogP contribution is 2.24. The van der Waals surface area contributed by atoms with Gasteiger partial charge in [-0.1, -0.05) is 0 Å². The van der Waals surface area contributed by atoms with Gasteiger partial charge in [-0.05, 0) is 26.1 Å². The fraction of sp³-hybridized carbons (Fsp3) is 0.273. The molecule has 0 radical (unpaired) electrons. The van der Waals surface area contributed by atoms with Crippen molar-refractivity contribution in [3.05, 3.63) is 35.2 Å². The topological polar surface area (TPSA) is 37.8 Å². The lowest BCUT2D eigenvalue weighted by Gasteiger charge is -2.04. The van der Waals surface area contributed by atoms with Crippen LogP contribution in [0.1, 0.15) is 18.7 Å². The van der Waals surface area contributed by atoms with Gasteiger partial charge >= 0.3 is 0 Å². The summed E-state index contributed by atoms with van der Waals surface area (Å²) in [5.74, 6) is -0.330. The first-order chi connectivity index (χ1) is 7.70. The zero-order valence-electron chi connectivity index (χ0n) is 9.07. The minimum atomic E-state index is -0.330. The number of nitrogens with one attached hydrogen (secondary N) is 1. The van der Waals surface area contributed by atoms with Crippen molar-refractivity contribution in [2.75, 3.05) is 7.05 Å². The molecule has 84 valence electrons. The van der Waals surface area contributed by atoms with E-state index in [1.54, 1.807) is 6.07 Å². The Balaban J connectivity index is 2.28. The normalized spacial score (nSPS) is 12.7. The van der Waals surface area contributed by atoms with Crippen LogP contribution in [-0.2, 0) is 0 Å². The van der Waals surface area contributed by atoms with E-state index in [0.717, 1.165) is 10.7 Å². The number of thiazole rings is 1. The molecule has 0 amide bonds. The Morgan fingerprint density at radius 3 is 2.88 bits per heavy atom. The second kappa shape index (κ2) is 4.67. The van der Waals surface area contributed by atoms with E-state index in [4.69, 9.17) is 0 Å². The fourth-order valence-corrected chi connectivity index (χ4v) is 2.14. The van der Waals surface area contributed by atoms with Gasteiger partial charge in [-0.15, -0.1) is 11.3 Å². The van der Waals surface area contributed by atoms with Crippen LogP contribution in [-0.4, -0.2) is 17.0 Å². The van der Waals surface area contributed by atoms with Gasteiger partial charge in [0.1, 0.15) is 10.8 Å². The van der Waals surface area contributed by atoms with Gasteiger partial charge in [-0.3, -0.25) is 4.98 Å². The molecular formula is C11H12FN3S. The Morgan fingerprint density at radius 2 is 2.25 bits per heavy atom. The van der Waals surface area contributed by atoms with Crippen LogP contribution >= 0.6 is 11.3 Å². The molecule has 2 aromatic rings. The first-order valence-electron chi connectivity index (χ1n) is 4.95. The third-order valence-electron chi connectivity index (χ3n) is 2.35. The third kappa shape index (κ3) is 2.25. The molecule has 3 nitrogen and oxygen atoms in total. The summed E-state index contributed by atoms with van der Waals surface area (Å²) in [6, 6.07) is 3.25. The molecule has 1 N–H and O–H groups in total. The maximum Gasteiger partial charge on any atom is 0.142 e. The van der Waals surface area contributed by atoms with Crippen LogP contribution in [0.4, 0.5) is 4.39 Å². The van der Waals surface area contributed by atoms with Crippen LogP contribution in [0.25, 0.3) is 10.7 Å². The Morgan fingerprint density at radius 1 is 1.44 bits per heavy atom. The number of halogens is 1. The predicted octanol–water partition coefficient (Wildman–Crippen LogP) is 2.62. The quantitative estimate of drug-likeness (QED) is 0.891. The van der Waals surface area contributed by atoms with Crippen molar-refractivity contribution in [1.82, 2.24) is 15.3 Å². The zero-order valence-corrected chi connectivity index (χ0v) is 9.88. The van der Waals surface area contributed by atoms with Gasteiger partial charge < -0.3 is 5.32 Å². The van der Waals surface area contributed by atoms with E-state index in [0.29, 0.717) is 5.69 Å². The van der Waals surface area contributed by atoms with E-state index in [-0.39, 0.29) is 11.9 Å². The highest BCUT2D eigenvalue weighted by molar-refractivity contribution is 7.13. The largest absolute Gasteiger partial charge is 0.312 e. The van der Waals surface area contributed by atoms with Crippen molar-refractivity contribution >= 4 is 11.3 Å². The monoisotopic (exact) mass is 237 g/mol. The smallest absolute Gasteiger partial charge is 0.142 e. The van der Waals surface area contributed by atoms with Gasteiger partial charge in [0, 0.05) is 11.4 Å². The van der Waals surface area contributed by atoms with Crippen molar-refractivity contribution < 1.29 is 4.39 Å². The van der Waals surface area contributed by atoms with Gasteiger partial charge in [0.2, 0.25) is 0 Å². The summed E-state index contributed by atoms with van der Waals surface area (Å²) in [7, 11) is 1.89. The standard InChI is InChI=1S/C11H12FN3S/c1-7(13-2)10-6-16-11(15-10)9-4-3-8(12)5-14-9/h3-7,13H,1-2H3. The zero-order chi connectivity index (χ0) is 11.5. The van der Waals surface area contributed by atoms with Crippen LogP contribution in [0.2, 0.25) is 0 Å². The van der Waals surface area contributed by atoms with Crippen LogP contribution in [0, 0.1) is 5.82 Å². The molecule has 0 bridgehead atoms. The maximum absolute atomic E-state index is 12.7. The Labute approximate surface area is 97.4 Å². The van der Waals surface area contributed by atoms with Crippen molar-refractivity contribution in [2.24, 2.45) is 0 Å². The average molecular weight is 237 g/mol. The third-order valence-corrected chi connectivity index (χ3v) is 3.23. The molecule has 16 heavy (non-hydrogen) atoms. The minimum absolute atomic E-state index is 0.213. The van der Waals surface area contributed by atoms with E-state index >= 15 is 0 Å². The first-order valence-corrected chi connectivity index (χ1v) is 5.83. The second-order valence-corrected chi connectivity index (χ2v) is 4.31. The average Bonchev–Trinajstić information content (AvgIpc) is 2.78. The Bertz CT molecular complexity index is 466. The Kier molecular flexibility index (Phi) is 3.26. The molecule has 0 aromatic carbocycles. The SMILES string of the molecule is CNC(C)c1csc(-c2ccc(F)cn2)n1. The number of aromatic nitrogens is 2. The van der Waals surface area contributed by atoms with E-state index in [9.17, 15) is 4.39 Å². The molecule has 2 heterocycles. The van der Waals surface area contributed by atoms with E-state index in [1.807, 2.05) is 19.4 Å². The summed E-state index contributed by atoms with van der Waals surface area (Å²) in [4.78, 5) is 8.45. The molecule has 1 atom stereocenters. The summed E-state index contributed by atoms with van der Waals surface area (Å²) < 4.78 is 12.7. The summed E-state index contributed by atoms with van der Waals surface area (Å²) in [5.41, 5.74) is 1.69. The van der Waals surface area contributed by atoms with Crippen LogP contribution in [0.5, 0.6) is 0 Å². The number of hydrogen-bond acceptors (Lipinski definition) is 4. The molecule has 0 saturated heterocycles.